The number of thiazole rings is 1. The fourth-order valence-corrected chi connectivity index (χ4v) is 2.37. The van der Waals surface area contributed by atoms with Gasteiger partial charge in [0.05, 0.1) is 11.6 Å². The molecule has 0 aliphatic carbocycles. The highest BCUT2D eigenvalue weighted by Crippen LogP contribution is 2.29. The van der Waals surface area contributed by atoms with Crippen molar-refractivity contribution in [3.05, 3.63) is 34.1 Å². The molecule has 0 atom stereocenters. The number of hydrogen-bond donors (Lipinski definition) is 2. The van der Waals surface area contributed by atoms with Crippen molar-refractivity contribution >= 4 is 17.3 Å². The highest BCUT2D eigenvalue weighted by atomic mass is 32.1. The van der Waals surface area contributed by atoms with Crippen LogP contribution >= 0.6 is 11.3 Å². The zero-order valence-corrected chi connectivity index (χ0v) is 12.5. The summed E-state index contributed by atoms with van der Waals surface area (Å²) in [5.41, 5.74) is -0.126. The molecule has 2 aromatic rings. The van der Waals surface area contributed by atoms with Crippen molar-refractivity contribution in [3.8, 4) is 0 Å². The molecular weight excluding hydrogens is 319 g/mol. The summed E-state index contributed by atoms with van der Waals surface area (Å²) >= 11 is 0.993. The summed E-state index contributed by atoms with van der Waals surface area (Å²) in [6.07, 6.45) is -2.54. The van der Waals surface area contributed by atoms with Crippen molar-refractivity contribution < 1.29 is 17.7 Å². The van der Waals surface area contributed by atoms with Gasteiger partial charge in [0.15, 0.2) is 11.7 Å². The average molecular weight is 333 g/mol. The molecule has 2 N–H and O–H groups in total. The molecular formula is C12H14F3N5OS. The van der Waals surface area contributed by atoms with Crippen LogP contribution in [0.25, 0.3) is 0 Å². The summed E-state index contributed by atoms with van der Waals surface area (Å²) in [7, 11) is 1.60. The van der Waals surface area contributed by atoms with Gasteiger partial charge < -0.3 is 15.2 Å². The minimum Gasteiger partial charge on any atom is -0.364 e. The minimum absolute atomic E-state index is 0.380. The fraction of sp³-hybridized carbons (Fsp3) is 0.417. The van der Waals surface area contributed by atoms with E-state index in [-0.39, 0.29) is 0 Å². The zero-order chi connectivity index (χ0) is 16.0. The van der Waals surface area contributed by atoms with Crippen molar-refractivity contribution in [2.75, 3.05) is 13.6 Å². The molecule has 0 aromatic carbocycles. The number of aliphatic imine (C=N–C) groups is 1. The van der Waals surface area contributed by atoms with Crippen LogP contribution in [0.4, 0.5) is 13.2 Å². The molecule has 0 aliphatic rings. The Morgan fingerprint density at radius 1 is 1.41 bits per heavy atom. The Balaban J connectivity index is 1.75. The number of rotatable bonds is 5. The molecule has 2 heterocycles. The van der Waals surface area contributed by atoms with Crippen LogP contribution in [-0.4, -0.2) is 29.7 Å². The third-order valence-corrected chi connectivity index (χ3v) is 3.53. The number of halogens is 3. The second kappa shape index (κ2) is 7.25. The molecule has 0 bridgehead atoms. The zero-order valence-electron chi connectivity index (χ0n) is 11.6. The average Bonchev–Trinajstić information content (AvgIpc) is 3.13. The molecule has 6 nitrogen and oxygen atoms in total. The SMILES string of the molecule is CN=C(NCCc1nc(C(F)(F)F)cs1)NCc1ccon1. The van der Waals surface area contributed by atoms with E-state index in [1.807, 2.05) is 0 Å². The number of nitrogens with one attached hydrogen (secondary N) is 2. The summed E-state index contributed by atoms with van der Waals surface area (Å²) in [6.45, 7) is 0.856. The Morgan fingerprint density at radius 3 is 2.82 bits per heavy atom. The summed E-state index contributed by atoms with van der Waals surface area (Å²) in [6, 6.07) is 1.72. The van der Waals surface area contributed by atoms with Crippen LogP contribution in [0.15, 0.2) is 27.2 Å². The largest absolute Gasteiger partial charge is 0.434 e. The first kappa shape index (κ1) is 16.3. The molecule has 0 radical (unpaired) electrons. The molecule has 2 aromatic heterocycles. The van der Waals surface area contributed by atoms with Crippen LogP contribution < -0.4 is 10.6 Å². The van der Waals surface area contributed by atoms with Crippen LogP contribution in [0, 0.1) is 0 Å². The quantitative estimate of drug-likeness (QED) is 0.647. The first-order valence-corrected chi connectivity index (χ1v) is 7.22. The van der Waals surface area contributed by atoms with E-state index in [9.17, 15) is 13.2 Å². The predicted molar refractivity (Wildman–Crippen MR) is 75.5 cm³/mol. The number of aromatic nitrogens is 2. The van der Waals surface area contributed by atoms with Crippen molar-refractivity contribution in [1.29, 1.82) is 0 Å². The van der Waals surface area contributed by atoms with Gasteiger partial charge >= 0.3 is 6.18 Å². The fourth-order valence-electron chi connectivity index (χ4n) is 1.57. The normalized spacial score (nSPS) is 12.5. The van der Waals surface area contributed by atoms with Gasteiger partial charge in [0.2, 0.25) is 0 Å². The van der Waals surface area contributed by atoms with Crippen molar-refractivity contribution in [2.45, 2.75) is 19.1 Å². The molecule has 0 aliphatic heterocycles. The van der Waals surface area contributed by atoms with Gasteiger partial charge in [-0.3, -0.25) is 4.99 Å². The summed E-state index contributed by atoms with van der Waals surface area (Å²) in [5, 5.41) is 11.2. The highest BCUT2D eigenvalue weighted by Gasteiger charge is 2.33. The van der Waals surface area contributed by atoms with E-state index in [4.69, 9.17) is 4.52 Å². The molecule has 0 saturated carbocycles. The first-order chi connectivity index (χ1) is 10.5. The van der Waals surface area contributed by atoms with Crippen LogP contribution in [0.1, 0.15) is 16.4 Å². The van der Waals surface area contributed by atoms with E-state index in [0.29, 0.717) is 30.5 Å². The van der Waals surface area contributed by atoms with E-state index < -0.39 is 11.9 Å². The Labute approximate surface area is 128 Å². The van der Waals surface area contributed by atoms with E-state index >= 15 is 0 Å². The van der Waals surface area contributed by atoms with Gasteiger partial charge in [-0.05, 0) is 0 Å². The molecule has 0 spiro atoms. The lowest BCUT2D eigenvalue weighted by molar-refractivity contribution is -0.140. The highest BCUT2D eigenvalue weighted by molar-refractivity contribution is 7.09. The summed E-state index contributed by atoms with van der Waals surface area (Å²) in [5.74, 6) is 0.524. The maximum atomic E-state index is 12.4. The number of guanidine groups is 1. The molecule has 0 fully saturated rings. The summed E-state index contributed by atoms with van der Waals surface area (Å²) < 4.78 is 42.0. The number of nitrogens with zero attached hydrogens (tertiary/aromatic N) is 3. The van der Waals surface area contributed by atoms with Gasteiger partial charge in [0.1, 0.15) is 12.0 Å². The van der Waals surface area contributed by atoms with Gasteiger partial charge in [-0.1, -0.05) is 5.16 Å². The molecule has 0 unspecified atom stereocenters. The lowest BCUT2D eigenvalue weighted by Crippen LogP contribution is -2.37. The van der Waals surface area contributed by atoms with Crippen molar-refractivity contribution in [1.82, 2.24) is 20.8 Å². The molecule has 0 saturated heterocycles. The second-order valence-corrected chi connectivity index (χ2v) is 5.16. The molecule has 120 valence electrons. The maximum absolute atomic E-state index is 12.4. The Kier molecular flexibility index (Phi) is 5.36. The topological polar surface area (TPSA) is 75.3 Å². The molecule has 0 amide bonds. The van der Waals surface area contributed by atoms with Crippen LogP contribution in [0.5, 0.6) is 0 Å². The Hall–Kier alpha value is -2.10. The Bertz CT molecular complexity index is 609. The van der Waals surface area contributed by atoms with Crippen LogP contribution in [0.2, 0.25) is 0 Å². The Morgan fingerprint density at radius 2 is 2.23 bits per heavy atom. The third kappa shape index (κ3) is 4.72. The van der Waals surface area contributed by atoms with Crippen molar-refractivity contribution in [3.63, 3.8) is 0 Å². The monoisotopic (exact) mass is 333 g/mol. The van der Waals surface area contributed by atoms with Gasteiger partial charge in [-0.2, -0.15) is 13.2 Å². The van der Waals surface area contributed by atoms with Crippen molar-refractivity contribution in [2.24, 2.45) is 4.99 Å². The smallest absolute Gasteiger partial charge is 0.364 e. The number of alkyl halides is 3. The molecule has 2 rings (SSSR count). The van der Waals surface area contributed by atoms with E-state index in [2.05, 4.69) is 25.8 Å². The second-order valence-electron chi connectivity index (χ2n) is 4.22. The molecule has 10 heteroatoms. The maximum Gasteiger partial charge on any atom is 0.434 e. The third-order valence-electron chi connectivity index (χ3n) is 2.63. The van der Waals surface area contributed by atoms with E-state index in [1.54, 1.807) is 13.1 Å². The summed E-state index contributed by atoms with van der Waals surface area (Å²) in [4.78, 5) is 7.56. The lowest BCUT2D eigenvalue weighted by Gasteiger charge is -2.09. The predicted octanol–water partition coefficient (Wildman–Crippen LogP) is 2.06. The van der Waals surface area contributed by atoms with Gasteiger partial charge in [0.25, 0.3) is 0 Å². The van der Waals surface area contributed by atoms with E-state index in [0.717, 1.165) is 22.4 Å². The lowest BCUT2D eigenvalue weighted by atomic mass is 10.4. The van der Waals surface area contributed by atoms with E-state index in [1.165, 1.54) is 6.26 Å². The minimum atomic E-state index is -4.39. The number of hydrogen-bond acceptors (Lipinski definition) is 5. The molecule has 22 heavy (non-hydrogen) atoms. The van der Waals surface area contributed by atoms with Gasteiger partial charge in [0, 0.05) is 31.5 Å². The van der Waals surface area contributed by atoms with Crippen LogP contribution in [-0.2, 0) is 19.1 Å². The standard InChI is InChI=1S/C12H14F3N5OS/c1-16-11(18-6-8-3-5-21-20-8)17-4-2-10-19-9(7-22-10)12(13,14)15/h3,5,7H,2,4,6H2,1H3,(H2,16,17,18). The van der Waals surface area contributed by atoms with Gasteiger partial charge in [-0.15, -0.1) is 11.3 Å². The van der Waals surface area contributed by atoms with Gasteiger partial charge in [-0.25, -0.2) is 4.98 Å². The van der Waals surface area contributed by atoms with Crippen LogP contribution in [0.3, 0.4) is 0 Å². The first-order valence-electron chi connectivity index (χ1n) is 6.34.